The summed E-state index contributed by atoms with van der Waals surface area (Å²) in [5, 5.41) is 8.51. The van der Waals surface area contributed by atoms with E-state index < -0.39 is 0 Å². The van der Waals surface area contributed by atoms with Crippen LogP contribution in [0.1, 0.15) is 31.0 Å². The Kier molecular flexibility index (Phi) is 6.61. The first kappa shape index (κ1) is 21.3. The number of ether oxygens (including phenoxy) is 2. The number of hydrogen-bond donors (Lipinski definition) is 0. The van der Waals surface area contributed by atoms with E-state index in [-0.39, 0.29) is 17.9 Å². The normalized spacial score (nSPS) is 13.8. The Morgan fingerprint density at radius 2 is 1.75 bits per heavy atom. The van der Waals surface area contributed by atoms with Gasteiger partial charge in [0.05, 0.1) is 0 Å². The van der Waals surface area contributed by atoms with Gasteiger partial charge in [-0.15, -0.1) is 10.2 Å². The number of carbonyl (C=O) groups is 1. The molecule has 1 aliphatic heterocycles. The van der Waals surface area contributed by atoms with Gasteiger partial charge in [0, 0.05) is 38.4 Å². The molecule has 0 radical (unpaired) electrons. The van der Waals surface area contributed by atoms with Crippen LogP contribution in [0.15, 0.2) is 60.7 Å². The molecule has 3 aromatic rings. The molecule has 162 valence electrons. The van der Waals surface area contributed by atoms with Crippen LogP contribution >= 0.6 is 0 Å². The van der Waals surface area contributed by atoms with Gasteiger partial charge in [-0.1, -0.05) is 18.1 Å². The minimum atomic E-state index is -0.360. The van der Waals surface area contributed by atoms with E-state index >= 15 is 0 Å². The van der Waals surface area contributed by atoms with Crippen molar-refractivity contribution in [3.8, 4) is 23.3 Å². The molecule has 1 aliphatic rings. The van der Waals surface area contributed by atoms with Crippen molar-refractivity contribution in [3.63, 3.8) is 0 Å². The number of anilines is 1. The quantitative estimate of drug-likeness (QED) is 0.354. The molecule has 0 bridgehead atoms. The van der Waals surface area contributed by atoms with E-state index in [1.165, 1.54) is 13.0 Å². The van der Waals surface area contributed by atoms with Crippen LogP contribution in [0.4, 0.5) is 10.2 Å². The van der Waals surface area contributed by atoms with Crippen molar-refractivity contribution in [2.24, 2.45) is 0 Å². The maximum Gasteiger partial charge on any atom is 0.308 e. The number of nitrogens with zero attached hydrogens (tertiary/aromatic N) is 3. The highest BCUT2D eigenvalue weighted by molar-refractivity contribution is 5.69. The molecule has 32 heavy (non-hydrogen) atoms. The van der Waals surface area contributed by atoms with Crippen molar-refractivity contribution in [1.82, 2.24) is 10.2 Å². The Labute approximate surface area is 186 Å². The van der Waals surface area contributed by atoms with Gasteiger partial charge in [0.2, 0.25) is 0 Å². The molecule has 1 saturated heterocycles. The van der Waals surface area contributed by atoms with E-state index in [1.807, 2.05) is 12.1 Å². The van der Waals surface area contributed by atoms with Crippen molar-refractivity contribution >= 4 is 11.8 Å². The van der Waals surface area contributed by atoms with Gasteiger partial charge in [0.25, 0.3) is 0 Å². The number of halogens is 1. The third kappa shape index (κ3) is 5.61. The van der Waals surface area contributed by atoms with E-state index in [9.17, 15) is 9.18 Å². The third-order valence-electron chi connectivity index (χ3n) is 5.00. The Hall–Kier alpha value is -3.92. The van der Waals surface area contributed by atoms with Crippen molar-refractivity contribution < 1.29 is 18.7 Å². The SMILES string of the molecule is CC(=O)Oc1ccc(C#Cc2ccc(N3CCC(Oc4ccccc4F)CC3)nn2)cc1. The van der Waals surface area contributed by atoms with Crippen LogP contribution in [0.2, 0.25) is 0 Å². The number of para-hydroxylation sites is 1. The molecule has 2 heterocycles. The van der Waals surface area contributed by atoms with Gasteiger partial charge in [-0.25, -0.2) is 4.39 Å². The smallest absolute Gasteiger partial charge is 0.308 e. The van der Waals surface area contributed by atoms with E-state index in [2.05, 4.69) is 26.9 Å². The summed E-state index contributed by atoms with van der Waals surface area (Å²) in [6.45, 7) is 2.87. The fourth-order valence-corrected chi connectivity index (χ4v) is 3.39. The second-order valence-corrected chi connectivity index (χ2v) is 7.38. The molecule has 0 spiro atoms. The Morgan fingerprint density at radius 1 is 1.00 bits per heavy atom. The summed E-state index contributed by atoms with van der Waals surface area (Å²) < 4.78 is 24.6. The molecule has 7 heteroatoms. The number of hydrogen-bond acceptors (Lipinski definition) is 6. The van der Waals surface area contributed by atoms with Gasteiger partial charge in [-0.3, -0.25) is 4.79 Å². The lowest BCUT2D eigenvalue weighted by molar-refractivity contribution is -0.131. The molecule has 0 unspecified atom stereocenters. The highest BCUT2D eigenvalue weighted by Gasteiger charge is 2.22. The van der Waals surface area contributed by atoms with Crippen molar-refractivity contribution in [3.05, 3.63) is 77.7 Å². The molecule has 1 aromatic heterocycles. The van der Waals surface area contributed by atoms with Gasteiger partial charge < -0.3 is 14.4 Å². The molecule has 4 rings (SSSR count). The molecule has 0 atom stereocenters. The number of piperidine rings is 1. The van der Waals surface area contributed by atoms with Crippen LogP contribution in [-0.2, 0) is 4.79 Å². The van der Waals surface area contributed by atoms with Crippen LogP contribution in [0.25, 0.3) is 0 Å². The van der Waals surface area contributed by atoms with Gasteiger partial charge in [-0.05, 0) is 54.5 Å². The van der Waals surface area contributed by atoms with Crippen molar-refractivity contribution in [1.29, 1.82) is 0 Å². The largest absolute Gasteiger partial charge is 0.487 e. The molecule has 0 N–H and O–H groups in total. The van der Waals surface area contributed by atoms with Crippen molar-refractivity contribution in [2.45, 2.75) is 25.9 Å². The van der Waals surface area contributed by atoms with Crippen molar-refractivity contribution in [2.75, 3.05) is 18.0 Å². The monoisotopic (exact) mass is 431 g/mol. The Balaban J connectivity index is 1.31. The second-order valence-electron chi connectivity index (χ2n) is 7.38. The zero-order valence-corrected chi connectivity index (χ0v) is 17.6. The van der Waals surface area contributed by atoms with E-state index in [0.717, 1.165) is 37.3 Å². The lowest BCUT2D eigenvalue weighted by Gasteiger charge is -2.32. The zero-order chi connectivity index (χ0) is 22.3. The topological polar surface area (TPSA) is 64.5 Å². The Bertz CT molecular complexity index is 1130. The number of carbonyl (C=O) groups excluding carboxylic acids is 1. The lowest BCUT2D eigenvalue weighted by Crippen LogP contribution is -2.38. The van der Waals surface area contributed by atoms with E-state index in [4.69, 9.17) is 9.47 Å². The van der Waals surface area contributed by atoms with Gasteiger partial charge in [0.1, 0.15) is 17.5 Å². The number of aromatic nitrogens is 2. The van der Waals surface area contributed by atoms with Crippen LogP contribution < -0.4 is 14.4 Å². The summed E-state index contributed by atoms with van der Waals surface area (Å²) in [7, 11) is 0. The van der Waals surface area contributed by atoms with Gasteiger partial charge in [0.15, 0.2) is 17.4 Å². The minimum absolute atomic E-state index is 0.0199. The Morgan fingerprint density at radius 3 is 2.41 bits per heavy atom. The summed E-state index contributed by atoms with van der Waals surface area (Å²) >= 11 is 0. The molecule has 0 saturated carbocycles. The predicted molar refractivity (Wildman–Crippen MR) is 118 cm³/mol. The van der Waals surface area contributed by atoms with Gasteiger partial charge in [-0.2, -0.15) is 0 Å². The fourth-order valence-electron chi connectivity index (χ4n) is 3.39. The zero-order valence-electron chi connectivity index (χ0n) is 17.6. The molecule has 0 aliphatic carbocycles. The maximum atomic E-state index is 13.8. The number of rotatable bonds is 4. The van der Waals surface area contributed by atoms with Crippen LogP contribution in [-0.4, -0.2) is 35.4 Å². The average Bonchev–Trinajstić information content (AvgIpc) is 2.81. The first-order chi connectivity index (χ1) is 15.6. The summed E-state index contributed by atoms with van der Waals surface area (Å²) in [5.41, 5.74) is 1.35. The average molecular weight is 431 g/mol. The molecule has 0 amide bonds. The molecule has 6 nitrogen and oxygen atoms in total. The maximum absolute atomic E-state index is 13.8. The highest BCUT2D eigenvalue weighted by Crippen LogP contribution is 2.23. The summed E-state index contributed by atoms with van der Waals surface area (Å²) in [5.74, 6) is 6.88. The van der Waals surface area contributed by atoms with E-state index in [0.29, 0.717) is 17.2 Å². The molecular weight excluding hydrogens is 409 g/mol. The van der Waals surface area contributed by atoms with E-state index in [1.54, 1.807) is 42.5 Å². The second kappa shape index (κ2) is 9.92. The fraction of sp³-hybridized carbons (Fsp3) is 0.240. The number of esters is 1. The number of benzene rings is 2. The predicted octanol–water partition coefficient (Wildman–Crippen LogP) is 3.99. The third-order valence-corrected chi connectivity index (χ3v) is 5.00. The summed E-state index contributed by atoms with van der Waals surface area (Å²) in [4.78, 5) is 13.1. The van der Waals surface area contributed by atoms with Crippen LogP contribution in [0.5, 0.6) is 11.5 Å². The molecule has 2 aromatic carbocycles. The first-order valence-electron chi connectivity index (χ1n) is 10.4. The van der Waals surface area contributed by atoms with Crippen LogP contribution in [0.3, 0.4) is 0 Å². The standard InChI is InChI=1S/C25H22FN3O3/c1-18(30)31-21-11-7-19(8-12-21)6-9-20-10-13-25(28-27-20)29-16-14-22(15-17-29)32-24-5-3-2-4-23(24)26/h2-5,7-8,10-13,22H,14-17H2,1H3. The van der Waals surface area contributed by atoms with Gasteiger partial charge >= 0.3 is 5.97 Å². The molecular formula is C25H22FN3O3. The summed E-state index contributed by atoms with van der Waals surface area (Å²) in [6, 6.07) is 17.2. The minimum Gasteiger partial charge on any atom is -0.487 e. The lowest BCUT2D eigenvalue weighted by atomic mass is 10.1. The molecule has 1 fully saturated rings. The first-order valence-corrected chi connectivity index (χ1v) is 10.4. The highest BCUT2D eigenvalue weighted by atomic mass is 19.1. The summed E-state index contributed by atoms with van der Waals surface area (Å²) in [6.07, 6.45) is 1.54. The van der Waals surface area contributed by atoms with Crippen LogP contribution in [0, 0.1) is 17.7 Å².